The smallest absolute Gasteiger partial charge is 0.472 e. The standard InChI is InChI=1S/C23H23F3N2O2/c24-23(25,26)30-20-8-4-5-16(13-20)15-29-22-14-21(27-28-22)19-11-9-18(10-12-19)17-6-2-1-3-7-17/h4-5,8-14,17H,1-3,6-7,15H2,(H,27,28). The highest BCUT2D eigenvalue weighted by molar-refractivity contribution is 5.60. The summed E-state index contributed by atoms with van der Waals surface area (Å²) in [5.41, 5.74) is 3.78. The van der Waals surface area contributed by atoms with Crippen LogP contribution in [0.25, 0.3) is 11.3 Å². The van der Waals surface area contributed by atoms with Gasteiger partial charge in [0.1, 0.15) is 12.4 Å². The molecule has 7 heteroatoms. The summed E-state index contributed by atoms with van der Waals surface area (Å²) in [5, 5.41) is 7.09. The van der Waals surface area contributed by atoms with Gasteiger partial charge in [-0.25, -0.2) is 0 Å². The summed E-state index contributed by atoms with van der Waals surface area (Å²) >= 11 is 0. The summed E-state index contributed by atoms with van der Waals surface area (Å²) in [7, 11) is 0. The molecule has 1 aliphatic carbocycles. The van der Waals surface area contributed by atoms with E-state index in [1.807, 2.05) is 0 Å². The zero-order valence-electron chi connectivity index (χ0n) is 16.4. The van der Waals surface area contributed by atoms with Crippen molar-refractivity contribution >= 4 is 0 Å². The molecule has 1 aromatic heterocycles. The Morgan fingerprint density at radius 1 is 0.967 bits per heavy atom. The molecule has 4 rings (SSSR count). The highest BCUT2D eigenvalue weighted by Gasteiger charge is 2.31. The first-order chi connectivity index (χ1) is 14.5. The topological polar surface area (TPSA) is 47.1 Å². The summed E-state index contributed by atoms with van der Waals surface area (Å²) < 4.78 is 46.6. The van der Waals surface area contributed by atoms with E-state index in [0.29, 0.717) is 17.4 Å². The number of alkyl halides is 3. The van der Waals surface area contributed by atoms with Crippen molar-refractivity contribution in [3.05, 3.63) is 65.7 Å². The molecule has 4 nitrogen and oxygen atoms in total. The Morgan fingerprint density at radius 3 is 2.47 bits per heavy atom. The number of nitrogens with zero attached hydrogens (tertiary/aromatic N) is 1. The van der Waals surface area contributed by atoms with E-state index in [1.54, 1.807) is 12.1 Å². The predicted octanol–water partition coefficient (Wildman–Crippen LogP) is 6.60. The first kappa shape index (κ1) is 20.3. The van der Waals surface area contributed by atoms with Crippen LogP contribution in [0.15, 0.2) is 54.6 Å². The minimum Gasteiger partial charge on any atom is -0.472 e. The van der Waals surface area contributed by atoms with Gasteiger partial charge in [0.15, 0.2) is 0 Å². The first-order valence-electron chi connectivity index (χ1n) is 10.1. The summed E-state index contributed by atoms with van der Waals surface area (Å²) in [6, 6.07) is 16.0. The van der Waals surface area contributed by atoms with Crippen LogP contribution in [0.1, 0.15) is 49.1 Å². The number of benzene rings is 2. The SMILES string of the molecule is FC(F)(F)Oc1cccc(COc2cc(-c3ccc(C4CCCCC4)cc3)[nH]n2)c1. The Balaban J connectivity index is 1.37. The fourth-order valence-corrected chi connectivity index (χ4v) is 3.89. The molecule has 1 saturated carbocycles. The van der Waals surface area contributed by atoms with Crippen molar-refractivity contribution in [1.29, 1.82) is 0 Å². The van der Waals surface area contributed by atoms with Gasteiger partial charge in [0.2, 0.25) is 5.88 Å². The second kappa shape index (κ2) is 8.81. The van der Waals surface area contributed by atoms with Crippen LogP contribution in [-0.4, -0.2) is 16.6 Å². The second-order valence-electron chi connectivity index (χ2n) is 7.56. The molecule has 1 heterocycles. The second-order valence-corrected chi connectivity index (χ2v) is 7.56. The zero-order valence-corrected chi connectivity index (χ0v) is 16.4. The molecule has 1 N–H and O–H groups in total. The van der Waals surface area contributed by atoms with Crippen LogP contribution in [0, 0.1) is 0 Å². The zero-order chi connectivity index (χ0) is 21.0. The number of aromatic amines is 1. The van der Waals surface area contributed by atoms with Gasteiger partial charge in [-0.3, -0.25) is 5.10 Å². The van der Waals surface area contributed by atoms with Gasteiger partial charge in [-0.1, -0.05) is 55.7 Å². The summed E-state index contributed by atoms with van der Waals surface area (Å²) in [5.74, 6) is 0.762. The largest absolute Gasteiger partial charge is 0.573 e. The van der Waals surface area contributed by atoms with Crippen molar-refractivity contribution < 1.29 is 22.6 Å². The van der Waals surface area contributed by atoms with E-state index in [4.69, 9.17) is 4.74 Å². The van der Waals surface area contributed by atoms with E-state index in [-0.39, 0.29) is 12.4 Å². The molecule has 158 valence electrons. The monoisotopic (exact) mass is 416 g/mol. The quantitative estimate of drug-likeness (QED) is 0.492. The minimum absolute atomic E-state index is 0.0833. The molecule has 2 aromatic carbocycles. The lowest BCUT2D eigenvalue weighted by Gasteiger charge is -2.22. The molecular formula is C23H23F3N2O2. The van der Waals surface area contributed by atoms with Crippen LogP contribution in [-0.2, 0) is 6.61 Å². The lowest BCUT2D eigenvalue weighted by atomic mass is 9.84. The lowest BCUT2D eigenvalue weighted by molar-refractivity contribution is -0.274. The van der Waals surface area contributed by atoms with Gasteiger partial charge in [-0.05, 0) is 47.6 Å². The molecule has 1 aliphatic rings. The van der Waals surface area contributed by atoms with Gasteiger partial charge in [-0.15, -0.1) is 18.3 Å². The van der Waals surface area contributed by atoms with Crippen LogP contribution >= 0.6 is 0 Å². The van der Waals surface area contributed by atoms with E-state index < -0.39 is 6.36 Å². The third-order valence-corrected chi connectivity index (χ3v) is 5.37. The molecule has 0 bridgehead atoms. The van der Waals surface area contributed by atoms with Gasteiger partial charge in [0, 0.05) is 6.07 Å². The van der Waals surface area contributed by atoms with E-state index in [1.165, 1.54) is 55.9 Å². The maximum Gasteiger partial charge on any atom is 0.573 e. The summed E-state index contributed by atoms with van der Waals surface area (Å²) in [6.07, 6.45) is 1.75. The van der Waals surface area contributed by atoms with E-state index >= 15 is 0 Å². The van der Waals surface area contributed by atoms with Crippen molar-refractivity contribution in [2.24, 2.45) is 0 Å². The van der Waals surface area contributed by atoms with Crippen LogP contribution in [0.2, 0.25) is 0 Å². The highest BCUT2D eigenvalue weighted by atomic mass is 19.4. The Hall–Kier alpha value is -2.96. The number of hydrogen-bond acceptors (Lipinski definition) is 3. The predicted molar refractivity (Wildman–Crippen MR) is 107 cm³/mol. The molecule has 3 aromatic rings. The average Bonchev–Trinajstić information content (AvgIpc) is 3.21. The minimum atomic E-state index is -4.72. The first-order valence-corrected chi connectivity index (χ1v) is 10.1. The average molecular weight is 416 g/mol. The van der Waals surface area contributed by atoms with Gasteiger partial charge in [0.25, 0.3) is 0 Å². The molecule has 0 saturated heterocycles. The van der Waals surface area contributed by atoms with E-state index in [9.17, 15) is 13.2 Å². The molecule has 0 unspecified atom stereocenters. The Kier molecular flexibility index (Phi) is 5.97. The van der Waals surface area contributed by atoms with Crippen LogP contribution in [0.4, 0.5) is 13.2 Å². The highest BCUT2D eigenvalue weighted by Crippen LogP contribution is 2.33. The molecule has 0 spiro atoms. The number of H-pyrrole nitrogens is 1. The number of nitrogens with one attached hydrogen (secondary N) is 1. The van der Waals surface area contributed by atoms with Gasteiger partial charge in [-0.2, -0.15) is 0 Å². The number of rotatable bonds is 6. The summed E-state index contributed by atoms with van der Waals surface area (Å²) in [6.45, 7) is 0.0833. The molecule has 0 radical (unpaired) electrons. The van der Waals surface area contributed by atoms with Crippen LogP contribution in [0.5, 0.6) is 11.6 Å². The molecule has 0 aliphatic heterocycles. The number of halogens is 3. The van der Waals surface area contributed by atoms with Crippen molar-refractivity contribution in [1.82, 2.24) is 10.2 Å². The number of ether oxygens (including phenoxy) is 2. The van der Waals surface area contributed by atoms with Crippen molar-refractivity contribution in [2.75, 3.05) is 0 Å². The fourth-order valence-electron chi connectivity index (χ4n) is 3.89. The molecule has 30 heavy (non-hydrogen) atoms. The van der Waals surface area contributed by atoms with Gasteiger partial charge >= 0.3 is 6.36 Å². The maximum absolute atomic E-state index is 12.4. The van der Waals surface area contributed by atoms with Gasteiger partial charge in [0.05, 0.1) is 5.69 Å². The number of aromatic nitrogens is 2. The fraction of sp³-hybridized carbons (Fsp3) is 0.348. The number of hydrogen-bond donors (Lipinski definition) is 1. The Labute approximate surface area is 173 Å². The summed E-state index contributed by atoms with van der Waals surface area (Å²) in [4.78, 5) is 0. The van der Waals surface area contributed by atoms with Crippen molar-refractivity contribution in [3.8, 4) is 22.9 Å². The lowest BCUT2D eigenvalue weighted by Crippen LogP contribution is -2.17. The maximum atomic E-state index is 12.4. The van der Waals surface area contributed by atoms with E-state index in [2.05, 4.69) is 39.2 Å². The Bertz CT molecular complexity index is 961. The van der Waals surface area contributed by atoms with Crippen molar-refractivity contribution in [3.63, 3.8) is 0 Å². The third kappa shape index (κ3) is 5.34. The van der Waals surface area contributed by atoms with Crippen molar-refractivity contribution in [2.45, 2.75) is 51.0 Å². The third-order valence-electron chi connectivity index (χ3n) is 5.37. The molecule has 0 atom stereocenters. The van der Waals surface area contributed by atoms with Gasteiger partial charge < -0.3 is 9.47 Å². The molecule has 1 fully saturated rings. The normalized spacial score (nSPS) is 15.2. The van der Waals surface area contributed by atoms with Crippen LogP contribution < -0.4 is 9.47 Å². The molecule has 0 amide bonds. The van der Waals surface area contributed by atoms with E-state index in [0.717, 1.165) is 11.3 Å². The van der Waals surface area contributed by atoms with Crippen LogP contribution in [0.3, 0.4) is 0 Å². The Morgan fingerprint density at radius 2 is 1.73 bits per heavy atom. The molecular weight excluding hydrogens is 393 g/mol.